The highest BCUT2D eigenvalue weighted by Gasteiger charge is 2.42. The van der Waals surface area contributed by atoms with Gasteiger partial charge < -0.3 is 10.4 Å². The minimum Gasteiger partial charge on any atom is -0.481 e. The van der Waals surface area contributed by atoms with Crippen molar-refractivity contribution in [1.82, 2.24) is 10.3 Å². The van der Waals surface area contributed by atoms with Crippen molar-refractivity contribution in [2.75, 3.05) is 6.54 Å². The van der Waals surface area contributed by atoms with Crippen LogP contribution in [0, 0.1) is 12.3 Å². The monoisotopic (exact) mass is 270 g/mol. The minimum atomic E-state index is -0.810. The van der Waals surface area contributed by atoms with E-state index in [2.05, 4.69) is 10.3 Å². The summed E-state index contributed by atoms with van der Waals surface area (Å²) in [5.41, 5.74) is 1.64. The third-order valence-electron chi connectivity index (χ3n) is 3.86. The predicted molar refractivity (Wildman–Crippen MR) is 74.1 cm³/mol. The molecule has 1 heterocycles. The number of nitrogens with one attached hydrogen (secondary N) is 1. The summed E-state index contributed by atoms with van der Waals surface area (Å²) in [4.78, 5) is 16.7. The Kier molecular flexibility index (Phi) is 4.50. The summed E-state index contributed by atoms with van der Waals surface area (Å²) in [6.45, 7) is 10.1. The van der Waals surface area contributed by atoms with Crippen molar-refractivity contribution in [3.05, 3.63) is 16.1 Å². The van der Waals surface area contributed by atoms with E-state index in [0.29, 0.717) is 0 Å². The molecule has 102 valence electrons. The van der Waals surface area contributed by atoms with Crippen molar-refractivity contribution in [2.45, 2.75) is 46.6 Å². The van der Waals surface area contributed by atoms with Gasteiger partial charge in [-0.05, 0) is 41.0 Å². The molecular formula is C13H22N2O2S. The maximum Gasteiger partial charge on any atom is 0.310 e. The highest BCUT2D eigenvalue weighted by atomic mass is 32.1. The zero-order chi connectivity index (χ0) is 14.0. The van der Waals surface area contributed by atoms with Crippen LogP contribution in [0.4, 0.5) is 0 Å². The molecule has 0 spiro atoms. The molecule has 1 aromatic rings. The fourth-order valence-electron chi connectivity index (χ4n) is 1.54. The van der Waals surface area contributed by atoms with Gasteiger partial charge in [0.2, 0.25) is 0 Å². The number of thiazole rings is 1. The number of carboxylic acids is 1. The molecule has 0 unspecified atom stereocenters. The normalized spacial score (nSPS) is 12.7. The van der Waals surface area contributed by atoms with Crippen molar-refractivity contribution >= 4 is 17.3 Å². The first-order chi connectivity index (χ1) is 8.18. The van der Waals surface area contributed by atoms with Gasteiger partial charge in [-0.15, -0.1) is 11.3 Å². The largest absolute Gasteiger partial charge is 0.481 e. The summed E-state index contributed by atoms with van der Waals surface area (Å²) in [6.07, 6.45) is 0.885. The third-order valence-corrected chi connectivity index (χ3v) is 4.86. The van der Waals surface area contributed by atoms with Crippen LogP contribution in [0.15, 0.2) is 5.51 Å². The zero-order valence-corrected chi connectivity index (χ0v) is 12.5. The molecule has 0 aliphatic carbocycles. The van der Waals surface area contributed by atoms with E-state index in [-0.39, 0.29) is 0 Å². The van der Waals surface area contributed by atoms with Gasteiger partial charge in [0.1, 0.15) is 0 Å². The Morgan fingerprint density at radius 2 is 2.06 bits per heavy atom. The molecule has 0 aromatic carbocycles. The summed E-state index contributed by atoms with van der Waals surface area (Å²) in [5.74, 6) is -0.783. The molecular weight excluding hydrogens is 248 g/mol. The fourth-order valence-corrected chi connectivity index (χ4v) is 2.32. The van der Waals surface area contributed by atoms with Crippen LogP contribution in [-0.4, -0.2) is 28.1 Å². The third kappa shape index (κ3) is 3.09. The van der Waals surface area contributed by atoms with Crippen molar-refractivity contribution < 1.29 is 9.90 Å². The van der Waals surface area contributed by atoms with E-state index in [0.717, 1.165) is 18.7 Å². The maximum atomic E-state index is 11.3. The number of aromatic nitrogens is 1. The van der Waals surface area contributed by atoms with Crippen LogP contribution in [-0.2, 0) is 11.2 Å². The SMILES string of the molecule is Cc1ncsc1CCNC(C)(C)C(C)(C)C(=O)O. The van der Waals surface area contributed by atoms with Crippen LogP contribution in [0.1, 0.15) is 38.3 Å². The molecule has 1 rings (SSSR count). The van der Waals surface area contributed by atoms with Gasteiger partial charge in [-0.25, -0.2) is 4.98 Å². The highest BCUT2D eigenvalue weighted by molar-refractivity contribution is 7.09. The van der Waals surface area contributed by atoms with E-state index >= 15 is 0 Å². The van der Waals surface area contributed by atoms with Crippen LogP contribution in [0.3, 0.4) is 0 Å². The number of rotatable bonds is 6. The highest BCUT2D eigenvalue weighted by Crippen LogP contribution is 2.30. The van der Waals surface area contributed by atoms with Gasteiger partial charge in [0, 0.05) is 17.0 Å². The van der Waals surface area contributed by atoms with Crippen molar-refractivity contribution in [3.63, 3.8) is 0 Å². The van der Waals surface area contributed by atoms with Crippen molar-refractivity contribution in [3.8, 4) is 0 Å². The van der Waals surface area contributed by atoms with Crippen LogP contribution in [0.25, 0.3) is 0 Å². The van der Waals surface area contributed by atoms with E-state index < -0.39 is 16.9 Å². The minimum absolute atomic E-state index is 0.461. The number of aryl methyl sites for hydroxylation is 1. The molecule has 0 aliphatic heterocycles. The second kappa shape index (κ2) is 5.36. The average Bonchev–Trinajstić information content (AvgIpc) is 2.63. The van der Waals surface area contributed by atoms with E-state index in [4.69, 9.17) is 0 Å². The van der Waals surface area contributed by atoms with Crippen molar-refractivity contribution in [1.29, 1.82) is 0 Å². The summed E-state index contributed by atoms with van der Waals surface area (Å²) in [5, 5.41) is 12.6. The molecule has 0 amide bonds. The van der Waals surface area contributed by atoms with Gasteiger partial charge in [-0.1, -0.05) is 0 Å². The second-order valence-electron chi connectivity index (χ2n) is 5.59. The Bertz CT molecular complexity index is 424. The molecule has 0 atom stereocenters. The molecule has 0 saturated heterocycles. The number of hydrogen-bond donors (Lipinski definition) is 2. The fraction of sp³-hybridized carbons (Fsp3) is 0.692. The van der Waals surface area contributed by atoms with Gasteiger partial charge in [-0.2, -0.15) is 0 Å². The Balaban J connectivity index is 2.57. The topological polar surface area (TPSA) is 62.2 Å². The lowest BCUT2D eigenvalue weighted by atomic mass is 9.74. The molecule has 18 heavy (non-hydrogen) atoms. The van der Waals surface area contributed by atoms with E-state index in [1.165, 1.54) is 4.88 Å². The first-order valence-corrected chi connectivity index (χ1v) is 6.94. The first kappa shape index (κ1) is 15.1. The van der Waals surface area contributed by atoms with Gasteiger partial charge in [0.15, 0.2) is 0 Å². The maximum absolute atomic E-state index is 11.3. The van der Waals surface area contributed by atoms with Gasteiger partial charge in [0.05, 0.1) is 16.6 Å². The summed E-state index contributed by atoms with van der Waals surface area (Å²) >= 11 is 1.65. The lowest BCUT2D eigenvalue weighted by Gasteiger charge is -2.39. The zero-order valence-electron chi connectivity index (χ0n) is 11.7. The lowest BCUT2D eigenvalue weighted by Crippen LogP contribution is -2.55. The number of hydrogen-bond acceptors (Lipinski definition) is 4. The predicted octanol–water partition coefficient (Wildman–Crippen LogP) is 2.47. The second-order valence-corrected chi connectivity index (χ2v) is 6.53. The Hall–Kier alpha value is -0.940. The van der Waals surface area contributed by atoms with Crippen LogP contribution in [0.2, 0.25) is 0 Å². The van der Waals surface area contributed by atoms with Gasteiger partial charge >= 0.3 is 5.97 Å². The van der Waals surface area contributed by atoms with Crippen LogP contribution < -0.4 is 5.32 Å². The first-order valence-electron chi connectivity index (χ1n) is 6.06. The van der Waals surface area contributed by atoms with E-state index in [9.17, 15) is 9.90 Å². The molecule has 5 heteroatoms. The molecule has 0 bridgehead atoms. The summed E-state index contributed by atoms with van der Waals surface area (Å²) < 4.78 is 0. The smallest absolute Gasteiger partial charge is 0.310 e. The Morgan fingerprint density at radius 1 is 1.44 bits per heavy atom. The Labute approximate surface area is 112 Å². The van der Waals surface area contributed by atoms with Crippen LogP contribution >= 0.6 is 11.3 Å². The molecule has 0 radical (unpaired) electrons. The molecule has 4 nitrogen and oxygen atoms in total. The van der Waals surface area contributed by atoms with Gasteiger partial charge in [0.25, 0.3) is 0 Å². The molecule has 1 aromatic heterocycles. The standard InChI is InChI=1S/C13H22N2O2S/c1-9-10(18-8-14-9)6-7-15-13(4,5)12(2,3)11(16)17/h8,15H,6-7H2,1-5H3,(H,16,17). The molecule has 2 N–H and O–H groups in total. The van der Waals surface area contributed by atoms with Crippen molar-refractivity contribution in [2.24, 2.45) is 5.41 Å². The summed E-state index contributed by atoms with van der Waals surface area (Å²) in [7, 11) is 0. The van der Waals surface area contributed by atoms with E-state index in [1.54, 1.807) is 25.2 Å². The number of carbonyl (C=O) groups is 1. The molecule has 0 saturated carbocycles. The Morgan fingerprint density at radius 3 is 2.50 bits per heavy atom. The van der Waals surface area contributed by atoms with E-state index in [1.807, 2.05) is 26.3 Å². The molecule has 0 fully saturated rings. The number of carboxylic acid groups (broad SMARTS) is 1. The lowest BCUT2D eigenvalue weighted by molar-refractivity contribution is -0.151. The quantitative estimate of drug-likeness (QED) is 0.833. The van der Waals surface area contributed by atoms with Gasteiger partial charge in [-0.3, -0.25) is 4.79 Å². The number of aliphatic carboxylic acids is 1. The van der Waals surface area contributed by atoms with Crippen LogP contribution in [0.5, 0.6) is 0 Å². The average molecular weight is 270 g/mol. The molecule has 0 aliphatic rings. The number of nitrogens with zero attached hydrogens (tertiary/aromatic N) is 1. The summed E-state index contributed by atoms with van der Waals surface area (Å²) in [6, 6.07) is 0.